The van der Waals surface area contributed by atoms with Crippen LogP contribution in [0.2, 0.25) is 0 Å². The third-order valence-corrected chi connectivity index (χ3v) is 9.54. The van der Waals surface area contributed by atoms with Crippen molar-refractivity contribution in [2.24, 2.45) is 0 Å². The maximum atomic E-state index is 13.8. The lowest BCUT2D eigenvalue weighted by Crippen LogP contribution is -2.56. The van der Waals surface area contributed by atoms with Gasteiger partial charge in [-0.05, 0) is 44.5 Å². The summed E-state index contributed by atoms with van der Waals surface area (Å²) >= 11 is 0. The zero-order chi connectivity index (χ0) is 45.5. The van der Waals surface area contributed by atoms with E-state index in [1.54, 1.807) is 24.3 Å². The largest absolute Gasteiger partial charge is 0.507 e. The molecule has 0 saturated carbocycles. The van der Waals surface area contributed by atoms with Crippen LogP contribution < -0.4 is 14.9 Å². The quantitative estimate of drug-likeness (QED) is 0.0330. The number of phenolic OH excluding ortho intramolecular Hbond substituents is 2. The Morgan fingerprint density at radius 1 is 0.841 bits per heavy atom. The Hall–Kier alpha value is -5.49. The minimum Gasteiger partial charge on any atom is -0.507 e. The van der Waals surface area contributed by atoms with Crippen LogP contribution in [-0.4, -0.2) is 149 Å². The summed E-state index contributed by atoms with van der Waals surface area (Å²) in [5.74, 6) is -2.62. The van der Waals surface area contributed by atoms with Crippen molar-refractivity contribution < 1.29 is 82.5 Å². The molecule has 3 heterocycles. The van der Waals surface area contributed by atoms with E-state index in [9.17, 15) is 45.0 Å². The van der Waals surface area contributed by atoms with Gasteiger partial charge >= 0.3 is 11.9 Å². The van der Waals surface area contributed by atoms with E-state index in [4.69, 9.17) is 42.3 Å². The van der Waals surface area contributed by atoms with Crippen molar-refractivity contribution in [2.75, 3.05) is 66.6 Å². The van der Waals surface area contributed by atoms with Gasteiger partial charge in [0.15, 0.2) is 12.0 Å². The highest BCUT2D eigenvalue weighted by molar-refractivity contribution is 5.92. The van der Waals surface area contributed by atoms with Crippen molar-refractivity contribution in [1.29, 1.82) is 0 Å². The van der Waals surface area contributed by atoms with Gasteiger partial charge in [-0.2, -0.15) is 0 Å². The SMILES string of the molecule is COc1ccc(-c2oc3c(CC=C(C)C)c(O)cc(O)c3c(=O)c2OC(=O)CCC(=O)OCCOCCOCCOCCOCc2cn([C@H]3O[C@@H](CO)[C@H](O)[C@@H](O)[C@@H]3O)nn2)cc1. The highest BCUT2D eigenvalue weighted by Crippen LogP contribution is 2.39. The minimum atomic E-state index is -1.54. The van der Waals surface area contributed by atoms with Gasteiger partial charge in [-0.15, -0.1) is 5.10 Å². The van der Waals surface area contributed by atoms with Gasteiger partial charge in [0, 0.05) is 17.2 Å². The Labute approximate surface area is 360 Å². The zero-order valence-electron chi connectivity index (χ0n) is 35.0. The van der Waals surface area contributed by atoms with Gasteiger partial charge in [0.25, 0.3) is 0 Å². The number of nitrogens with zero attached hydrogens (tertiary/aromatic N) is 3. The molecule has 2 aromatic carbocycles. The molecule has 0 unspecified atom stereocenters. The maximum absolute atomic E-state index is 13.8. The van der Waals surface area contributed by atoms with Crippen LogP contribution in [0.15, 0.2) is 57.4 Å². The molecule has 1 saturated heterocycles. The van der Waals surface area contributed by atoms with Crippen molar-refractivity contribution in [2.45, 2.75) is 70.4 Å². The molecule has 5 rings (SSSR count). The number of allylic oxidation sites excluding steroid dienone is 2. The number of aromatic hydroxyl groups is 2. The second-order valence-electron chi connectivity index (χ2n) is 14.4. The van der Waals surface area contributed by atoms with Gasteiger partial charge in [0.2, 0.25) is 11.2 Å². The first-order valence-electron chi connectivity index (χ1n) is 20.0. The molecule has 1 aliphatic rings. The van der Waals surface area contributed by atoms with Crippen molar-refractivity contribution in [3.8, 4) is 34.3 Å². The van der Waals surface area contributed by atoms with E-state index in [0.29, 0.717) is 17.0 Å². The highest BCUT2D eigenvalue weighted by atomic mass is 16.6. The zero-order valence-corrected chi connectivity index (χ0v) is 35.0. The molecule has 21 nitrogen and oxygen atoms in total. The summed E-state index contributed by atoms with van der Waals surface area (Å²) in [5, 5.41) is 68.4. The molecule has 0 radical (unpaired) electrons. The molecule has 6 N–H and O–H groups in total. The van der Waals surface area contributed by atoms with Crippen LogP contribution in [0.1, 0.15) is 44.2 Å². The molecule has 21 heteroatoms. The Kier molecular flexibility index (Phi) is 18.3. The first-order chi connectivity index (χ1) is 30.3. The van der Waals surface area contributed by atoms with Crippen LogP contribution in [0.3, 0.4) is 0 Å². The van der Waals surface area contributed by atoms with Crippen LogP contribution in [0.4, 0.5) is 0 Å². The number of esters is 2. The second kappa shape index (κ2) is 23.8. The lowest BCUT2D eigenvalue weighted by Gasteiger charge is -2.39. The predicted octanol–water partition coefficient (Wildman–Crippen LogP) is 1.45. The topological polar surface area (TPSA) is 290 Å². The molecule has 0 aliphatic carbocycles. The van der Waals surface area contributed by atoms with Crippen LogP contribution in [-0.2, 0) is 51.0 Å². The molecular weight excluding hydrogens is 834 g/mol. The molecule has 344 valence electrons. The van der Waals surface area contributed by atoms with Gasteiger partial charge in [-0.25, -0.2) is 4.68 Å². The molecule has 2 aromatic heterocycles. The number of aromatic nitrogens is 3. The lowest BCUT2D eigenvalue weighted by atomic mass is 9.98. The number of aliphatic hydroxyl groups is 4. The van der Waals surface area contributed by atoms with Gasteiger partial charge in [0.05, 0.1) is 85.6 Å². The first kappa shape index (κ1) is 48.5. The van der Waals surface area contributed by atoms with E-state index < -0.39 is 72.5 Å². The van der Waals surface area contributed by atoms with Crippen molar-refractivity contribution in [1.82, 2.24) is 15.0 Å². The van der Waals surface area contributed by atoms with E-state index in [1.165, 1.54) is 18.0 Å². The third-order valence-electron chi connectivity index (χ3n) is 9.54. The summed E-state index contributed by atoms with van der Waals surface area (Å²) in [4.78, 5) is 39.2. The molecule has 63 heavy (non-hydrogen) atoms. The molecule has 5 atom stereocenters. The standard InChI is InChI=1S/C42H53N3O18/c1-24(2)4-9-28-29(47)20-30(48)34-36(52)41(39(63-40(28)34)25-5-7-27(55-3)8-6-25)62-33(50)11-10-32(49)60-19-18-58-15-14-56-12-13-57-16-17-59-23-26-21-45(44-43-26)42-38(54)37(53)35(51)31(22-46)61-42/h4-8,20-21,31,35,37-38,42,46-48,51,53-54H,9-19,22-23H2,1-3H3/t31-,35-,37+,38-,42-/m0/s1. The maximum Gasteiger partial charge on any atom is 0.312 e. The number of benzene rings is 2. The molecule has 1 aliphatic heterocycles. The van der Waals surface area contributed by atoms with E-state index in [1.807, 2.05) is 19.9 Å². The summed E-state index contributed by atoms with van der Waals surface area (Å²) in [6.45, 7) is 4.77. The minimum absolute atomic E-state index is 0.0711. The van der Waals surface area contributed by atoms with Crippen molar-refractivity contribution in [3.05, 3.63) is 69.7 Å². The van der Waals surface area contributed by atoms with E-state index in [-0.39, 0.29) is 100 Å². The number of hydrogen-bond acceptors (Lipinski definition) is 20. The summed E-state index contributed by atoms with van der Waals surface area (Å²) in [5.41, 5.74) is 1.01. The van der Waals surface area contributed by atoms with Crippen LogP contribution in [0.5, 0.6) is 23.0 Å². The van der Waals surface area contributed by atoms with E-state index in [2.05, 4.69) is 10.3 Å². The number of carbonyl (C=O) groups excluding carboxylic acids is 2. The number of rotatable bonds is 24. The van der Waals surface area contributed by atoms with E-state index in [0.717, 1.165) is 11.6 Å². The summed E-state index contributed by atoms with van der Waals surface area (Å²) in [7, 11) is 1.48. The first-order valence-corrected chi connectivity index (χ1v) is 20.0. The van der Waals surface area contributed by atoms with E-state index >= 15 is 0 Å². The predicted molar refractivity (Wildman–Crippen MR) is 218 cm³/mol. The summed E-state index contributed by atoms with van der Waals surface area (Å²) in [6.07, 6.45) is -4.09. The summed E-state index contributed by atoms with van der Waals surface area (Å²) < 4.78 is 50.5. The molecule has 1 fully saturated rings. The summed E-state index contributed by atoms with van der Waals surface area (Å²) in [6, 6.07) is 7.42. The normalized spacial score (nSPS) is 18.6. The monoisotopic (exact) mass is 887 g/mol. The number of aliphatic hydroxyl groups excluding tert-OH is 4. The fourth-order valence-corrected chi connectivity index (χ4v) is 6.19. The number of carbonyl (C=O) groups is 2. The molecule has 0 spiro atoms. The highest BCUT2D eigenvalue weighted by Gasteiger charge is 2.44. The number of phenols is 2. The van der Waals surface area contributed by atoms with Gasteiger partial charge < -0.3 is 73.0 Å². The van der Waals surface area contributed by atoms with Crippen LogP contribution in [0.25, 0.3) is 22.3 Å². The smallest absolute Gasteiger partial charge is 0.312 e. The molecule has 0 bridgehead atoms. The Balaban J connectivity index is 0.963. The number of fused-ring (bicyclic) bond motifs is 1. The average molecular weight is 888 g/mol. The van der Waals surface area contributed by atoms with Crippen molar-refractivity contribution in [3.63, 3.8) is 0 Å². The van der Waals surface area contributed by atoms with Gasteiger partial charge in [-0.3, -0.25) is 14.4 Å². The number of methoxy groups -OCH3 is 1. The second-order valence-corrected chi connectivity index (χ2v) is 14.4. The Morgan fingerprint density at radius 2 is 1.48 bits per heavy atom. The van der Waals surface area contributed by atoms with Crippen LogP contribution in [0, 0.1) is 0 Å². The molecular formula is C42H53N3O18. The van der Waals surface area contributed by atoms with Gasteiger partial charge in [-0.1, -0.05) is 16.9 Å². The fourth-order valence-electron chi connectivity index (χ4n) is 6.19. The van der Waals surface area contributed by atoms with Gasteiger partial charge in [0.1, 0.15) is 64.9 Å². The lowest BCUT2D eigenvalue weighted by molar-refractivity contribution is -0.254. The average Bonchev–Trinajstić information content (AvgIpc) is 3.74. The number of ether oxygens (including phenoxy) is 8. The molecule has 4 aromatic rings. The number of hydrogen-bond donors (Lipinski definition) is 6. The molecule has 0 amide bonds. The Morgan fingerprint density at radius 3 is 2.11 bits per heavy atom. The van der Waals surface area contributed by atoms with Crippen molar-refractivity contribution >= 4 is 22.9 Å². The fraction of sp³-hybridized carbons (Fsp3) is 0.500. The van der Waals surface area contributed by atoms with Crippen LogP contribution >= 0.6 is 0 Å². The third kappa shape index (κ3) is 13.3. The Bertz CT molecular complexity index is 2200.